The number of aromatic nitrogens is 4. The van der Waals surface area contributed by atoms with Crippen LogP contribution in [0.25, 0.3) is 43.8 Å². The molecule has 4 N–H and O–H groups in total. The number of hydrogen-bond acceptors (Lipinski definition) is 6. The third kappa shape index (κ3) is 2.68. The highest BCUT2D eigenvalue weighted by Crippen LogP contribution is 2.40. The lowest BCUT2D eigenvalue weighted by Gasteiger charge is -2.30. The fraction of sp³-hybridized carbons (Fsp3) is 0.174. The van der Waals surface area contributed by atoms with Crippen molar-refractivity contribution in [3.63, 3.8) is 0 Å². The number of ether oxygens (including phenoxy) is 1. The highest BCUT2D eigenvalue weighted by molar-refractivity contribution is 6.17. The Morgan fingerprint density at radius 1 is 1.09 bits per heavy atom. The molecule has 0 bridgehead atoms. The molecule has 8 nitrogen and oxygen atoms in total. The monoisotopic (exact) mass is 430 g/mol. The van der Waals surface area contributed by atoms with Gasteiger partial charge in [-0.25, -0.2) is 4.39 Å². The van der Waals surface area contributed by atoms with E-state index < -0.39 is 11.4 Å². The van der Waals surface area contributed by atoms with Gasteiger partial charge in [0.25, 0.3) is 5.56 Å². The van der Waals surface area contributed by atoms with Gasteiger partial charge in [-0.05, 0) is 29.8 Å². The molecule has 0 aliphatic carbocycles. The first-order chi connectivity index (χ1) is 15.6. The molecule has 4 heterocycles. The highest BCUT2D eigenvalue weighted by Gasteiger charge is 2.22. The van der Waals surface area contributed by atoms with Gasteiger partial charge in [0.1, 0.15) is 17.0 Å². The van der Waals surface area contributed by atoms with Crippen molar-refractivity contribution in [2.45, 2.75) is 0 Å². The van der Waals surface area contributed by atoms with Crippen LogP contribution in [-0.2, 0) is 4.74 Å². The minimum atomic E-state index is -0.421. The average molecular weight is 430 g/mol. The van der Waals surface area contributed by atoms with Gasteiger partial charge in [-0.3, -0.25) is 14.9 Å². The summed E-state index contributed by atoms with van der Waals surface area (Å²) < 4.78 is 19.9. The first-order valence-corrected chi connectivity index (χ1v) is 10.3. The molecule has 0 spiro atoms. The number of hydrogen-bond donors (Lipinski definition) is 3. The molecule has 0 unspecified atom stereocenters. The number of nitrogen functional groups attached to an aromatic ring is 1. The molecule has 160 valence electrons. The number of nitrogens with two attached hydrogens (primary N) is 1. The predicted octanol–water partition coefficient (Wildman–Crippen LogP) is 3.18. The number of rotatable bonds is 2. The number of benzene rings is 2. The molecule has 9 heteroatoms. The average Bonchev–Trinajstić information content (AvgIpc) is 3.32. The Hall–Kier alpha value is -3.98. The normalized spacial score (nSPS) is 14.6. The molecule has 1 aliphatic heterocycles. The maximum atomic E-state index is 14.3. The maximum Gasteiger partial charge on any atom is 0.272 e. The summed E-state index contributed by atoms with van der Waals surface area (Å²) in [6.07, 6.45) is 3.24. The fourth-order valence-electron chi connectivity index (χ4n) is 4.56. The van der Waals surface area contributed by atoms with Crippen molar-refractivity contribution in [2.75, 3.05) is 36.9 Å². The molecule has 2 aromatic carbocycles. The molecule has 32 heavy (non-hydrogen) atoms. The van der Waals surface area contributed by atoms with Gasteiger partial charge in [0.15, 0.2) is 0 Å². The minimum absolute atomic E-state index is 0.0646. The topological polar surface area (TPSA) is 113 Å². The molecule has 1 fully saturated rings. The molecule has 0 saturated carbocycles. The van der Waals surface area contributed by atoms with Crippen LogP contribution in [0, 0.1) is 5.82 Å². The number of pyridine rings is 2. The Kier molecular flexibility index (Phi) is 4.12. The summed E-state index contributed by atoms with van der Waals surface area (Å²) in [4.78, 5) is 22.6. The van der Waals surface area contributed by atoms with Crippen LogP contribution in [0.3, 0.4) is 0 Å². The van der Waals surface area contributed by atoms with E-state index in [1.54, 1.807) is 18.5 Å². The lowest BCUT2D eigenvalue weighted by Crippen LogP contribution is -2.36. The number of aromatic amines is 2. The number of fused-ring (bicyclic) bond motifs is 4. The van der Waals surface area contributed by atoms with Gasteiger partial charge >= 0.3 is 0 Å². The van der Waals surface area contributed by atoms with Crippen LogP contribution < -0.4 is 16.2 Å². The number of halogens is 1. The largest absolute Gasteiger partial charge is 0.394 e. The minimum Gasteiger partial charge on any atom is -0.394 e. The van der Waals surface area contributed by atoms with E-state index in [1.165, 1.54) is 6.07 Å². The molecule has 1 aliphatic rings. The lowest BCUT2D eigenvalue weighted by atomic mass is 9.95. The zero-order valence-corrected chi connectivity index (χ0v) is 17.0. The summed E-state index contributed by atoms with van der Waals surface area (Å²) in [5.74, 6) is -0.421. The van der Waals surface area contributed by atoms with E-state index in [1.807, 2.05) is 18.2 Å². The van der Waals surface area contributed by atoms with Gasteiger partial charge in [-0.1, -0.05) is 6.07 Å². The molecule has 3 aromatic heterocycles. The van der Waals surface area contributed by atoms with Crippen LogP contribution in [0.2, 0.25) is 0 Å². The van der Waals surface area contributed by atoms with Gasteiger partial charge in [0, 0.05) is 46.7 Å². The number of nitrogens with zero attached hydrogens (tertiary/aromatic N) is 3. The molecule has 5 aromatic rings. The second kappa shape index (κ2) is 7.03. The Morgan fingerprint density at radius 2 is 1.94 bits per heavy atom. The summed E-state index contributed by atoms with van der Waals surface area (Å²) in [6, 6.07) is 8.89. The number of H-pyrrole nitrogens is 2. The standard InChI is InChI=1S/C23H19FN6O2/c24-16-4-3-12(15-11-27-29-20(15)16)18-14-10-17(30-6-8-32-9-7-30)13-2-1-5-26-21(13)22(14)28-23(31)19(18)25/h1-5,10-11H,6-9,25H2,(H,27,29)(H,28,31). The van der Waals surface area contributed by atoms with Gasteiger partial charge < -0.3 is 20.4 Å². The van der Waals surface area contributed by atoms with E-state index in [2.05, 4.69) is 25.1 Å². The van der Waals surface area contributed by atoms with Gasteiger partial charge in [0.05, 0.1) is 30.4 Å². The molecule has 0 atom stereocenters. The smallest absolute Gasteiger partial charge is 0.272 e. The van der Waals surface area contributed by atoms with Crippen molar-refractivity contribution in [2.24, 2.45) is 0 Å². The quantitative estimate of drug-likeness (QED) is 0.371. The Labute approximate surface area is 180 Å². The highest BCUT2D eigenvalue weighted by atomic mass is 19.1. The van der Waals surface area contributed by atoms with E-state index in [9.17, 15) is 9.18 Å². The van der Waals surface area contributed by atoms with Crippen LogP contribution >= 0.6 is 0 Å². The first kappa shape index (κ1) is 18.8. The van der Waals surface area contributed by atoms with Crippen LogP contribution in [0.15, 0.2) is 47.5 Å². The van der Waals surface area contributed by atoms with E-state index in [0.717, 1.165) is 29.5 Å². The van der Waals surface area contributed by atoms with Gasteiger partial charge in [-0.2, -0.15) is 5.10 Å². The van der Waals surface area contributed by atoms with Crippen molar-refractivity contribution in [1.82, 2.24) is 20.2 Å². The summed E-state index contributed by atoms with van der Waals surface area (Å²) in [5, 5.41) is 8.91. The van der Waals surface area contributed by atoms with Gasteiger partial charge in [0.2, 0.25) is 0 Å². The van der Waals surface area contributed by atoms with Crippen LogP contribution in [-0.4, -0.2) is 46.5 Å². The number of anilines is 2. The van der Waals surface area contributed by atoms with Crippen molar-refractivity contribution < 1.29 is 9.13 Å². The van der Waals surface area contributed by atoms with E-state index in [-0.39, 0.29) is 11.2 Å². The number of morpholine rings is 1. The van der Waals surface area contributed by atoms with Crippen molar-refractivity contribution in [1.29, 1.82) is 0 Å². The molecular weight excluding hydrogens is 411 g/mol. The fourth-order valence-corrected chi connectivity index (χ4v) is 4.56. The molecular formula is C23H19FN6O2. The van der Waals surface area contributed by atoms with E-state index in [0.29, 0.717) is 40.8 Å². The Morgan fingerprint density at radius 3 is 2.78 bits per heavy atom. The third-order valence-electron chi connectivity index (χ3n) is 6.08. The van der Waals surface area contributed by atoms with E-state index >= 15 is 0 Å². The zero-order valence-electron chi connectivity index (χ0n) is 17.0. The van der Waals surface area contributed by atoms with Crippen molar-refractivity contribution in [3.8, 4) is 11.1 Å². The molecule has 0 amide bonds. The maximum absolute atomic E-state index is 14.3. The summed E-state index contributed by atoms with van der Waals surface area (Å²) in [7, 11) is 0. The second-order valence-corrected chi connectivity index (χ2v) is 7.81. The van der Waals surface area contributed by atoms with Crippen LogP contribution in [0.5, 0.6) is 0 Å². The summed E-state index contributed by atoms with van der Waals surface area (Å²) in [5.41, 5.74) is 9.67. The molecule has 6 rings (SSSR count). The van der Waals surface area contributed by atoms with Crippen LogP contribution in [0.1, 0.15) is 0 Å². The predicted molar refractivity (Wildman–Crippen MR) is 122 cm³/mol. The Balaban J connectivity index is 1.77. The SMILES string of the molecule is Nc1c(-c2ccc(F)c3[nH]ncc23)c2cc(N3CCOCC3)c3cccnc3c2[nH]c1=O. The van der Waals surface area contributed by atoms with E-state index in [4.69, 9.17) is 10.5 Å². The summed E-state index contributed by atoms with van der Waals surface area (Å²) in [6.45, 7) is 2.75. The van der Waals surface area contributed by atoms with Crippen molar-refractivity contribution >= 4 is 44.1 Å². The van der Waals surface area contributed by atoms with Crippen molar-refractivity contribution in [3.05, 3.63) is 58.9 Å². The molecule has 1 saturated heterocycles. The van der Waals surface area contributed by atoms with Gasteiger partial charge in [-0.15, -0.1) is 0 Å². The summed E-state index contributed by atoms with van der Waals surface area (Å²) >= 11 is 0. The lowest BCUT2D eigenvalue weighted by molar-refractivity contribution is 0.123. The number of nitrogens with one attached hydrogen (secondary N) is 2. The third-order valence-corrected chi connectivity index (χ3v) is 6.08. The Bertz CT molecular complexity index is 1570. The van der Waals surface area contributed by atoms with Crippen LogP contribution in [0.4, 0.5) is 15.8 Å². The second-order valence-electron chi connectivity index (χ2n) is 7.81. The first-order valence-electron chi connectivity index (χ1n) is 10.3. The zero-order chi connectivity index (χ0) is 21.8. The molecule has 0 radical (unpaired) electrons.